The molecule has 2 aliphatic heterocycles. The Morgan fingerprint density at radius 2 is 2.04 bits per heavy atom. The van der Waals surface area contributed by atoms with Gasteiger partial charge in [0.1, 0.15) is 0 Å². The Morgan fingerprint density at radius 1 is 1.19 bits per heavy atom. The van der Waals surface area contributed by atoms with E-state index in [2.05, 4.69) is 22.4 Å². The van der Waals surface area contributed by atoms with E-state index in [1.54, 1.807) is 0 Å². The van der Waals surface area contributed by atoms with Crippen LogP contribution in [-0.4, -0.2) is 30.9 Å². The molecule has 2 atom stereocenters. The molecule has 2 aliphatic rings. The molecule has 0 spiro atoms. The van der Waals surface area contributed by atoms with Crippen molar-refractivity contribution in [1.29, 1.82) is 0 Å². The first kappa shape index (κ1) is 16.2. The van der Waals surface area contributed by atoms with Crippen LogP contribution >= 0.6 is 0 Å². The number of nitrogens with one attached hydrogen (secondary N) is 2. The molecular weight excluding hydrogens is 344 g/mol. The van der Waals surface area contributed by atoms with E-state index in [9.17, 15) is 4.79 Å². The molecule has 3 aromatic rings. The fourth-order valence-electron chi connectivity index (χ4n) is 4.08. The van der Waals surface area contributed by atoms with Gasteiger partial charge in [-0.3, -0.25) is 4.79 Å². The van der Waals surface area contributed by atoms with Gasteiger partial charge in [-0.15, -0.1) is 0 Å². The zero-order chi connectivity index (χ0) is 18.4. The summed E-state index contributed by atoms with van der Waals surface area (Å²) in [5, 5.41) is 4.82. The standard InChI is InChI=1S/C21H20N2O4/c1-25-19(24)10-13-9-15-14-4-2-3-5-16(14)23-21(15)20(22-13)12-6-7-17-18(8-12)27-11-26-17/h2-8,13,20,22-23H,9-11H2,1H3. The maximum Gasteiger partial charge on any atom is 0.307 e. The summed E-state index contributed by atoms with van der Waals surface area (Å²) in [4.78, 5) is 15.5. The normalized spacial score (nSPS) is 20.5. The first-order valence-electron chi connectivity index (χ1n) is 9.05. The second-order valence-corrected chi connectivity index (χ2v) is 6.96. The van der Waals surface area contributed by atoms with Crippen molar-refractivity contribution in [2.24, 2.45) is 0 Å². The Morgan fingerprint density at radius 3 is 2.93 bits per heavy atom. The van der Waals surface area contributed by atoms with Crippen molar-refractivity contribution in [2.45, 2.75) is 24.9 Å². The highest BCUT2D eigenvalue weighted by Gasteiger charge is 2.32. The number of carbonyl (C=O) groups excluding carboxylic acids is 1. The highest BCUT2D eigenvalue weighted by Crippen LogP contribution is 2.39. The molecule has 0 bridgehead atoms. The van der Waals surface area contributed by atoms with E-state index in [1.165, 1.54) is 18.1 Å². The number of esters is 1. The Balaban J connectivity index is 1.60. The van der Waals surface area contributed by atoms with Crippen LogP contribution in [0.25, 0.3) is 10.9 Å². The molecule has 2 unspecified atom stereocenters. The molecule has 2 N–H and O–H groups in total. The van der Waals surface area contributed by atoms with Crippen molar-refractivity contribution in [2.75, 3.05) is 13.9 Å². The van der Waals surface area contributed by atoms with Crippen LogP contribution in [0, 0.1) is 0 Å². The molecular formula is C21H20N2O4. The van der Waals surface area contributed by atoms with Gasteiger partial charge in [0, 0.05) is 22.6 Å². The summed E-state index contributed by atoms with van der Waals surface area (Å²) in [6.07, 6.45) is 1.10. The van der Waals surface area contributed by atoms with Crippen molar-refractivity contribution in [1.82, 2.24) is 10.3 Å². The van der Waals surface area contributed by atoms with Gasteiger partial charge in [-0.2, -0.15) is 0 Å². The summed E-state index contributed by atoms with van der Waals surface area (Å²) in [5.41, 5.74) is 4.56. The van der Waals surface area contributed by atoms with Crippen LogP contribution in [0.4, 0.5) is 0 Å². The number of carbonyl (C=O) groups is 1. The van der Waals surface area contributed by atoms with Crippen LogP contribution < -0.4 is 14.8 Å². The lowest BCUT2D eigenvalue weighted by atomic mass is 9.89. The first-order valence-corrected chi connectivity index (χ1v) is 9.05. The minimum atomic E-state index is -0.208. The molecule has 138 valence electrons. The first-order chi connectivity index (χ1) is 13.2. The molecule has 6 nitrogen and oxygen atoms in total. The molecule has 5 rings (SSSR count). The minimum Gasteiger partial charge on any atom is -0.469 e. The Hall–Kier alpha value is -2.99. The summed E-state index contributed by atoms with van der Waals surface area (Å²) in [6.45, 7) is 0.249. The van der Waals surface area contributed by atoms with Gasteiger partial charge in [-0.1, -0.05) is 24.3 Å². The number of methoxy groups -OCH3 is 1. The lowest BCUT2D eigenvalue weighted by Crippen LogP contribution is -2.41. The second-order valence-electron chi connectivity index (χ2n) is 6.96. The summed E-state index contributed by atoms with van der Waals surface area (Å²) in [6, 6.07) is 14.2. The molecule has 2 aromatic carbocycles. The van der Waals surface area contributed by atoms with Gasteiger partial charge in [0.15, 0.2) is 11.5 Å². The number of hydrogen-bond donors (Lipinski definition) is 2. The minimum absolute atomic E-state index is 0.000390. The van der Waals surface area contributed by atoms with E-state index < -0.39 is 0 Å². The summed E-state index contributed by atoms with van der Waals surface area (Å²) in [7, 11) is 1.43. The van der Waals surface area contributed by atoms with Gasteiger partial charge in [0.25, 0.3) is 0 Å². The van der Waals surface area contributed by atoms with Crippen LogP contribution in [-0.2, 0) is 16.0 Å². The largest absolute Gasteiger partial charge is 0.469 e. The summed E-state index contributed by atoms with van der Waals surface area (Å²) < 4.78 is 15.9. The molecule has 0 aliphatic carbocycles. The smallest absolute Gasteiger partial charge is 0.307 e. The second kappa shape index (κ2) is 6.32. The molecule has 3 heterocycles. The van der Waals surface area contributed by atoms with Crippen LogP contribution in [0.1, 0.15) is 29.3 Å². The monoisotopic (exact) mass is 364 g/mol. The average Bonchev–Trinajstić information content (AvgIpc) is 3.31. The number of benzene rings is 2. The molecule has 27 heavy (non-hydrogen) atoms. The van der Waals surface area contributed by atoms with E-state index >= 15 is 0 Å². The molecule has 0 radical (unpaired) electrons. The number of hydrogen-bond acceptors (Lipinski definition) is 5. The molecule has 0 fully saturated rings. The predicted molar refractivity (Wildman–Crippen MR) is 100.0 cm³/mol. The zero-order valence-corrected chi connectivity index (χ0v) is 15.0. The molecule has 0 saturated carbocycles. The van der Waals surface area contributed by atoms with Gasteiger partial charge in [0.2, 0.25) is 6.79 Å². The average molecular weight is 364 g/mol. The molecule has 1 aromatic heterocycles. The molecule has 0 saturated heterocycles. The molecule has 0 amide bonds. The topological polar surface area (TPSA) is 72.6 Å². The third-order valence-electron chi connectivity index (χ3n) is 5.36. The Labute approximate surface area is 156 Å². The highest BCUT2D eigenvalue weighted by atomic mass is 16.7. The zero-order valence-electron chi connectivity index (χ0n) is 15.0. The number of ether oxygens (including phenoxy) is 3. The van der Waals surface area contributed by atoms with Gasteiger partial charge in [-0.25, -0.2) is 0 Å². The predicted octanol–water partition coefficient (Wildman–Crippen LogP) is 3.06. The van der Waals surface area contributed by atoms with Crippen molar-refractivity contribution in [3.05, 3.63) is 59.3 Å². The SMILES string of the molecule is COC(=O)CC1Cc2c([nH]c3ccccc23)C(c2ccc3c(c2)OCO3)N1. The number of fused-ring (bicyclic) bond motifs is 4. The van der Waals surface area contributed by atoms with Crippen LogP contribution in [0.2, 0.25) is 0 Å². The van der Waals surface area contributed by atoms with Crippen LogP contribution in [0.5, 0.6) is 11.5 Å². The fourth-order valence-corrected chi connectivity index (χ4v) is 4.08. The lowest BCUT2D eigenvalue weighted by molar-refractivity contribution is -0.141. The quantitative estimate of drug-likeness (QED) is 0.699. The maximum atomic E-state index is 11.9. The van der Waals surface area contributed by atoms with Crippen molar-refractivity contribution < 1.29 is 19.0 Å². The van der Waals surface area contributed by atoms with E-state index in [-0.39, 0.29) is 24.8 Å². The van der Waals surface area contributed by atoms with Crippen LogP contribution in [0.15, 0.2) is 42.5 Å². The fraction of sp³-hybridized carbons (Fsp3) is 0.286. The van der Waals surface area contributed by atoms with Crippen molar-refractivity contribution in [3.63, 3.8) is 0 Å². The van der Waals surface area contributed by atoms with Crippen molar-refractivity contribution in [3.8, 4) is 11.5 Å². The van der Waals surface area contributed by atoms with Crippen molar-refractivity contribution >= 4 is 16.9 Å². The van der Waals surface area contributed by atoms with Gasteiger partial charge >= 0.3 is 5.97 Å². The molecule has 6 heteroatoms. The van der Waals surface area contributed by atoms with Gasteiger partial charge in [0.05, 0.1) is 19.6 Å². The van der Waals surface area contributed by atoms with Gasteiger partial charge in [-0.05, 0) is 35.7 Å². The summed E-state index contributed by atoms with van der Waals surface area (Å²) in [5.74, 6) is 1.31. The Kier molecular flexibility index (Phi) is 3.79. The number of aromatic nitrogens is 1. The van der Waals surface area contributed by atoms with E-state index in [1.807, 2.05) is 30.3 Å². The number of aromatic amines is 1. The lowest BCUT2D eigenvalue weighted by Gasteiger charge is -2.31. The highest BCUT2D eigenvalue weighted by molar-refractivity contribution is 5.85. The maximum absolute atomic E-state index is 11.9. The third-order valence-corrected chi connectivity index (χ3v) is 5.36. The number of rotatable bonds is 3. The summed E-state index contributed by atoms with van der Waals surface area (Å²) >= 11 is 0. The van der Waals surface area contributed by atoms with E-state index in [4.69, 9.17) is 14.2 Å². The van der Waals surface area contributed by atoms with E-state index in [0.29, 0.717) is 6.42 Å². The van der Waals surface area contributed by atoms with Gasteiger partial charge < -0.3 is 24.5 Å². The number of para-hydroxylation sites is 1. The number of H-pyrrole nitrogens is 1. The third kappa shape index (κ3) is 2.73. The van der Waals surface area contributed by atoms with E-state index in [0.717, 1.165) is 34.7 Å². The van der Waals surface area contributed by atoms with Crippen LogP contribution in [0.3, 0.4) is 0 Å². The Bertz CT molecular complexity index is 1030.